The fraction of sp³-hybridized carbons (Fsp3) is 0.222. The Labute approximate surface area is 436 Å². The van der Waals surface area contributed by atoms with Gasteiger partial charge < -0.3 is 121 Å². The zero-order valence-electron chi connectivity index (χ0n) is 36.4. The van der Waals surface area contributed by atoms with Crippen LogP contribution in [0.5, 0.6) is 0 Å². The van der Waals surface area contributed by atoms with Gasteiger partial charge in [-0.05, 0) is 24.3 Å². The van der Waals surface area contributed by atoms with Gasteiger partial charge in [0.1, 0.15) is 0 Å². The van der Waals surface area contributed by atoms with E-state index in [1.807, 2.05) is 0 Å². The number of carbonyl (C=O) groups is 20. The van der Waals surface area contributed by atoms with E-state index in [-0.39, 0.29) is 74.8 Å². The Hall–Kier alpha value is -10.8. The normalized spacial score (nSPS) is 11.3. The molecule has 0 saturated heterocycles. The summed E-state index contributed by atoms with van der Waals surface area (Å²) in [5.74, 6) is -56.4. The van der Waals surface area contributed by atoms with E-state index in [0.29, 0.717) is 0 Å². The first kappa shape index (κ1) is 75.2. The zero-order valence-corrected chi connectivity index (χ0v) is 38.8. The van der Waals surface area contributed by atoms with Crippen molar-refractivity contribution in [2.45, 2.75) is 0 Å². The number of aliphatic carboxylic acids is 20. The molecule has 0 aromatic carbocycles. The molecule has 0 aromatic heterocycles. The van der Waals surface area contributed by atoms with Gasteiger partial charge >= 0.3 is 122 Å². The van der Waals surface area contributed by atoms with Crippen molar-refractivity contribution in [1.29, 1.82) is 0 Å². The van der Waals surface area contributed by atoms with E-state index in [9.17, 15) is 116 Å². The van der Waals surface area contributed by atoms with Crippen molar-refractivity contribution in [2.24, 2.45) is 45.3 Å². The molecule has 0 radical (unpaired) electrons. The minimum Gasteiger partial charge on any atom is -0.545 e. The Morgan fingerprint density at radius 1 is 0.234 bits per heavy atom. The van der Waals surface area contributed by atoms with E-state index < -0.39 is 165 Å². The fourth-order valence-electron chi connectivity index (χ4n) is 5.09. The van der Waals surface area contributed by atoms with Gasteiger partial charge in [-0.1, -0.05) is 24.3 Å². The summed E-state index contributed by atoms with van der Waals surface area (Å²) >= 11 is 0. The maximum Gasteiger partial charge on any atom is 4.00 e. The molecule has 0 rings (SSSR count). The van der Waals surface area contributed by atoms with Gasteiger partial charge in [-0.2, -0.15) is 0 Å². The van der Waals surface area contributed by atoms with Crippen LogP contribution in [0.4, 0.5) is 0 Å². The first-order chi connectivity index (χ1) is 34.3. The number of hydrogen-bond acceptors (Lipinski definition) is 24. The van der Waals surface area contributed by atoms with Crippen LogP contribution in [0.1, 0.15) is 0 Å². The molecule has 0 unspecified atom stereocenters. The van der Waals surface area contributed by atoms with Crippen molar-refractivity contribution in [3.8, 4) is 0 Å². The van der Waals surface area contributed by atoms with Crippen LogP contribution < -0.4 is 20.4 Å². The monoisotopic (exact) mass is 1190 g/mol. The van der Waals surface area contributed by atoms with E-state index >= 15 is 0 Å². The standard InChI is InChI=1S/4C9H8O10.Zr/c4*10-3(11)1-2-9(7(16)17,8(18)19)4(5(12)13)6(14)15;/h4*1-2,4H,(H,10,11)(H,12,13)(H,14,15)(H,16,17)(H,18,19);/q;;;;+4/p-4. The minimum absolute atomic E-state index is 0. The van der Waals surface area contributed by atoms with Gasteiger partial charge in [0.05, 0.1) is 23.9 Å². The van der Waals surface area contributed by atoms with E-state index in [2.05, 4.69) is 0 Å². The van der Waals surface area contributed by atoms with Gasteiger partial charge in [0.15, 0.2) is 23.7 Å². The van der Waals surface area contributed by atoms with E-state index in [4.69, 9.17) is 81.7 Å². The fourth-order valence-corrected chi connectivity index (χ4v) is 5.09. The SMILES string of the molecule is O=C([O-])C=CC(C(=O)O)(C(=O)O)C(C(=O)O)C(=O)O.O=C([O-])C=CC(C(=O)O)(C(=O)O)C(C(=O)O)C(=O)O.O=C([O-])C=CC(C(=O)O)(C(=O)O)C(C(=O)O)C(=O)O.O=C([O-])C=CC(C(=O)O)(C(=O)O)C(C(=O)O)C(=O)O.[Zr+4]. The molecular formula is C36H28O40Zr. The summed E-state index contributed by atoms with van der Waals surface area (Å²) < 4.78 is 0. The van der Waals surface area contributed by atoms with E-state index in [0.717, 1.165) is 0 Å². The molecule has 0 amide bonds. The van der Waals surface area contributed by atoms with Crippen molar-refractivity contribution in [2.75, 3.05) is 0 Å². The Morgan fingerprint density at radius 3 is 0.377 bits per heavy atom. The summed E-state index contributed by atoms with van der Waals surface area (Å²) in [7, 11) is 0. The van der Waals surface area contributed by atoms with Gasteiger partial charge in [0, 0.05) is 0 Å². The van der Waals surface area contributed by atoms with Crippen molar-refractivity contribution < 1.29 is 224 Å². The van der Waals surface area contributed by atoms with Crippen molar-refractivity contribution in [1.82, 2.24) is 0 Å². The predicted molar refractivity (Wildman–Crippen MR) is 202 cm³/mol. The van der Waals surface area contributed by atoms with E-state index in [1.165, 1.54) is 0 Å². The second-order valence-corrected chi connectivity index (χ2v) is 13.0. The van der Waals surface area contributed by atoms with Crippen LogP contribution in [0.15, 0.2) is 48.6 Å². The Morgan fingerprint density at radius 2 is 0.325 bits per heavy atom. The van der Waals surface area contributed by atoms with Crippen LogP contribution in [0.3, 0.4) is 0 Å². The smallest absolute Gasteiger partial charge is 0.545 e. The second kappa shape index (κ2) is 31.0. The van der Waals surface area contributed by atoms with Crippen LogP contribution in [0.25, 0.3) is 0 Å². The third-order valence-corrected chi connectivity index (χ3v) is 8.56. The maximum absolute atomic E-state index is 11.0. The van der Waals surface area contributed by atoms with Crippen LogP contribution in [-0.4, -0.2) is 201 Å². The third-order valence-electron chi connectivity index (χ3n) is 8.56. The first-order valence-corrected chi connectivity index (χ1v) is 17.6. The molecule has 0 saturated carbocycles. The number of hydrogen-bond donors (Lipinski definition) is 16. The Kier molecular flexibility index (Phi) is 30.2. The van der Waals surface area contributed by atoms with Gasteiger partial charge in [-0.25, -0.2) is 0 Å². The Balaban J connectivity index is -0.000000298. The second-order valence-electron chi connectivity index (χ2n) is 13.0. The van der Waals surface area contributed by atoms with E-state index in [1.54, 1.807) is 0 Å². The molecule has 0 atom stereocenters. The quantitative estimate of drug-likeness (QED) is 0.0255. The first-order valence-electron chi connectivity index (χ1n) is 17.6. The Bertz CT molecular complexity index is 2140. The van der Waals surface area contributed by atoms with Crippen LogP contribution in [0.2, 0.25) is 0 Å². The van der Waals surface area contributed by atoms with Gasteiger partial charge in [-0.3, -0.25) is 76.7 Å². The topological polar surface area (TPSA) is 757 Å². The molecule has 0 aliphatic heterocycles. The molecule has 41 heteroatoms. The van der Waals surface area contributed by atoms with Gasteiger partial charge in [0.25, 0.3) is 0 Å². The van der Waals surface area contributed by atoms with Crippen LogP contribution in [0, 0.1) is 45.3 Å². The molecule has 77 heavy (non-hydrogen) atoms. The summed E-state index contributed by atoms with van der Waals surface area (Å²) in [5.41, 5.74) is -13.9. The summed E-state index contributed by atoms with van der Waals surface area (Å²) in [6, 6.07) is 0. The predicted octanol–water partition coefficient (Wildman–Crippen LogP) is -11.1. The maximum atomic E-state index is 11.0. The van der Waals surface area contributed by atoms with Crippen molar-refractivity contribution in [3.05, 3.63) is 48.6 Å². The van der Waals surface area contributed by atoms with Crippen LogP contribution >= 0.6 is 0 Å². The molecule has 0 aromatic rings. The molecule has 0 heterocycles. The average Bonchev–Trinajstić information content (AvgIpc) is 3.21. The minimum atomic E-state index is -3.47. The third kappa shape index (κ3) is 19.0. The number of carbonyl (C=O) groups excluding carboxylic acids is 4. The largest absolute Gasteiger partial charge is 4.00 e. The molecule has 0 bridgehead atoms. The molecule has 0 aliphatic carbocycles. The summed E-state index contributed by atoms with van der Waals surface area (Å²) in [6.45, 7) is 0. The number of carboxylic acid groups (broad SMARTS) is 20. The van der Waals surface area contributed by atoms with Crippen molar-refractivity contribution in [3.63, 3.8) is 0 Å². The van der Waals surface area contributed by atoms with Gasteiger partial charge in [0.2, 0.25) is 21.7 Å². The van der Waals surface area contributed by atoms with Crippen LogP contribution in [-0.2, 0) is 122 Å². The van der Waals surface area contributed by atoms with Gasteiger partial charge in [-0.15, -0.1) is 0 Å². The summed E-state index contributed by atoms with van der Waals surface area (Å²) in [5, 5.41) is 180. The molecule has 416 valence electrons. The molecule has 40 nitrogen and oxygen atoms in total. The number of rotatable bonds is 28. The molecule has 0 aliphatic rings. The summed E-state index contributed by atoms with van der Waals surface area (Å²) in [4.78, 5) is 214. The molecular weight excluding hydrogens is 1160 g/mol. The van der Waals surface area contributed by atoms with Crippen molar-refractivity contribution >= 4 is 119 Å². The molecule has 16 N–H and O–H groups in total. The molecule has 0 spiro atoms. The number of carboxylic acids is 20. The zero-order chi connectivity index (χ0) is 61.5. The molecule has 0 fully saturated rings. The average molecular weight is 1190 g/mol. The summed E-state index contributed by atoms with van der Waals surface area (Å²) in [6.07, 6.45) is -0.440.